The summed E-state index contributed by atoms with van der Waals surface area (Å²) in [5.74, 6) is 0.798. The molecule has 2 N–H and O–H groups in total. The summed E-state index contributed by atoms with van der Waals surface area (Å²) in [5.41, 5.74) is 4.03. The number of amides is 2. The predicted octanol–water partition coefficient (Wildman–Crippen LogP) is 3.82. The Hall–Kier alpha value is -2.86. The highest BCUT2D eigenvalue weighted by Gasteiger charge is 2.04. The van der Waals surface area contributed by atoms with Crippen LogP contribution in [0.2, 0.25) is 0 Å². The Morgan fingerprint density at radius 1 is 1.08 bits per heavy atom. The zero-order valence-electron chi connectivity index (χ0n) is 13.9. The van der Waals surface area contributed by atoms with Crippen LogP contribution in [-0.2, 0) is 13.1 Å². The van der Waals surface area contributed by atoms with Crippen LogP contribution in [0.25, 0.3) is 11.3 Å². The fraction of sp³-hybridized carbons (Fsp3) is 0.158. The first-order valence-electron chi connectivity index (χ1n) is 7.87. The Morgan fingerprint density at radius 2 is 1.84 bits per heavy atom. The van der Waals surface area contributed by atoms with Gasteiger partial charge in [0.2, 0.25) is 0 Å². The van der Waals surface area contributed by atoms with E-state index in [0.29, 0.717) is 13.1 Å². The van der Waals surface area contributed by atoms with E-state index in [9.17, 15) is 4.79 Å². The van der Waals surface area contributed by atoms with Gasteiger partial charge in [0.1, 0.15) is 5.75 Å². The first-order chi connectivity index (χ1) is 12.2. The van der Waals surface area contributed by atoms with Gasteiger partial charge in [0, 0.05) is 30.2 Å². The van der Waals surface area contributed by atoms with Crippen molar-refractivity contribution in [2.45, 2.75) is 13.1 Å². The summed E-state index contributed by atoms with van der Waals surface area (Å²) < 4.78 is 5.11. The van der Waals surface area contributed by atoms with Gasteiger partial charge in [-0.1, -0.05) is 12.1 Å². The molecule has 0 spiro atoms. The molecule has 6 heteroatoms. The number of urea groups is 1. The van der Waals surface area contributed by atoms with Crippen LogP contribution in [0.5, 0.6) is 5.75 Å². The Morgan fingerprint density at radius 3 is 2.52 bits per heavy atom. The summed E-state index contributed by atoms with van der Waals surface area (Å²) in [6, 6.07) is 13.3. The van der Waals surface area contributed by atoms with Gasteiger partial charge in [-0.3, -0.25) is 4.98 Å². The minimum Gasteiger partial charge on any atom is -0.497 e. The largest absolute Gasteiger partial charge is 0.497 e. The minimum atomic E-state index is -0.204. The van der Waals surface area contributed by atoms with Gasteiger partial charge >= 0.3 is 6.03 Å². The maximum Gasteiger partial charge on any atom is 0.315 e. The molecule has 2 heterocycles. The zero-order valence-corrected chi connectivity index (χ0v) is 14.7. The highest BCUT2D eigenvalue weighted by molar-refractivity contribution is 7.08. The number of pyridine rings is 1. The molecule has 0 saturated carbocycles. The molecule has 0 aliphatic rings. The van der Waals surface area contributed by atoms with Gasteiger partial charge in [-0.05, 0) is 46.8 Å². The second kappa shape index (κ2) is 8.30. The summed E-state index contributed by atoms with van der Waals surface area (Å²) in [6.07, 6.45) is 1.76. The second-order valence-electron chi connectivity index (χ2n) is 5.45. The number of carbonyl (C=O) groups excluding carboxylic acids is 1. The van der Waals surface area contributed by atoms with E-state index in [0.717, 1.165) is 28.1 Å². The fourth-order valence-electron chi connectivity index (χ4n) is 2.32. The Kier molecular flexibility index (Phi) is 5.64. The van der Waals surface area contributed by atoms with Gasteiger partial charge in [0.15, 0.2) is 0 Å². The van der Waals surface area contributed by atoms with Crippen molar-refractivity contribution in [3.63, 3.8) is 0 Å². The maximum atomic E-state index is 12.0. The minimum absolute atomic E-state index is 0.204. The predicted molar refractivity (Wildman–Crippen MR) is 99.6 cm³/mol. The van der Waals surface area contributed by atoms with Crippen molar-refractivity contribution in [3.05, 3.63) is 70.5 Å². The monoisotopic (exact) mass is 353 g/mol. The molecule has 1 aromatic carbocycles. The van der Waals surface area contributed by atoms with Gasteiger partial charge in [-0.2, -0.15) is 11.3 Å². The van der Waals surface area contributed by atoms with Crippen molar-refractivity contribution in [2.24, 2.45) is 0 Å². The third-order valence-electron chi connectivity index (χ3n) is 3.71. The lowest BCUT2D eigenvalue weighted by Crippen LogP contribution is -2.34. The van der Waals surface area contributed by atoms with Crippen LogP contribution >= 0.6 is 11.3 Å². The fourth-order valence-corrected chi connectivity index (χ4v) is 2.97. The van der Waals surface area contributed by atoms with Crippen LogP contribution in [0, 0.1) is 0 Å². The molecule has 0 saturated heterocycles. The van der Waals surface area contributed by atoms with E-state index in [2.05, 4.69) is 21.0 Å². The van der Waals surface area contributed by atoms with E-state index in [-0.39, 0.29) is 6.03 Å². The van der Waals surface area contributed by atoms with Crippen molar-refractivity contribution in [1.29, 1.82) is 0 Å². The van der Waals surface area contributed by atoms with Crippen molar-refractivity contribution >= 4 is 17.4 Å². The molecule has 5 nitrogen and oxygen atoms in total. The Bertz CT molecular complexity index is 817. The third-order valence-corrected chi connectivity index (χ3v) is 4.39. The summed E-state index contributed by atoms with van der Waals surface area (Å²) in [6.45, 7) is 0.917. The summed E-state index contributed by atoms with van der Waals surface area (Å²) in [7, 11) is 1.63. The van der Waals surface area contributed by atoms with Crippen LogP contribution < -0.4 is 15.4 Å². The molecule has 0 aliphatic carbocycles. The number of thiophene rings is 1. The average Bonchev–Trinajstić information content (AvgIpc) is 3.20. The molecule has 0 bridgehead atoms. The van der Waals surface area contributed by atoms with E-state index >= 15 is 0 Å². The van der Waals surface area contributed by atoms with Gasteiger partial charge in [-0.15, -0.1) is 0 Å². The number of aromatic nitrogens is 1. The molecule has 2 aromatic heterocycles. The van der Waals surface area contributed by atoms with E-state index in [1.54, 1.807) is 24.6 Å². The molecular weight excluding hydrogens is 334 g/mol. The van der Waals surface area contributed by atoms with E-state index in [4.69, 9.17) is 4.74 Å². The topological polar surface area (TPSA) is 63.2 Å². The SMILES string of the molecule is COc1ccc(CNC(=O)NCc2ccnc(-c3ccsc3)c2)cc1. The molecule has 0 aliphatic heterocycles. The number of rotatable bonds is 6. The van der Waals surface area contributed by atoms with E-state index in [1.165, 1.54) is 0 Å². The Labute approximate surface area is 150 Å². The highest BCUT2D eigenvalue weighted by Crippen LogP contribution is 2.20. The van der Waals surface area contributed by atoms with Gasteiger partial charge in [-0.25, -0.2) is 4.79 Å². The quantitative estimate of drug-likeness (QED) is 0.708. The van der Waals surface area contributed by atoms with Gasteiger partial charge < -0.3 is 15.4 Å². The van der Waals surface area contributed by atoms with Crippen LogP contribution in [0.4, 0.5) is 4.79 Å². The number of nitrogens with one attached hydrogen (secondary N) is 2. The number of carbonyl (C=O) groups is 1. The average molecular weight is 353 g/mol. The molecule has 2 amide bonds. The standard InChI is InChI=1S/C19H19N3O2S/c1-24-17-4-2-14(3-5-17)11-21-19(23)22-12-15-6-8-20-18(10-15)16-7-9-25-13-16/h2-10,13H,11-12H2,1H3,(H2,21,22,23). The smallest absolute Gasteiger partial charge is 0.315 e. The van der Waals surface area contributed by atoms with Crippen molar-refractivity contribution in [2.75, 3.05) is 7.11 Å². The molecular formula is C19H19N3O2S. The molecule has 3 rings (SSSR count). The lowest BCUT2D eigenvalue weighted by atomic mass is 10.1. The lowest BCUT2D eigenvalue weighted by Gasteiger charge is -2.09. The molecule has 0 fully saturated rings. The highest BCUT2D eigenvalue weighted by atomic mass is 32.1. The first-order valence-corrected chi connectivity index (χ1v) is 8.81. The van der Waals surface area contributed by atoms with E-state index in [1.807, 2.05) is 47.8 Å². The number of nitrogens with zero attached hydrogens (tertiary/aromatic N) is 1. The second-order valence-corrected chi connectivity index (χ2v) is 6.23. The van der Waals surface area contributed by atoms with Gasteiger partial charge in [0.25, 0.3) is 0 Å². The molecule has 128 valence electrons. The summed E-state index contributed by atoms with van der Waals surface area (Å²) >= 11 is 1.64. The molecule has 0 radical (unpaired) electrons. The summed E-state index contributed by atoms with van der Waals surface area (Å²) in [5, 5.41) is 9.79. The molecule has 25 heavy (non-hydrogen) atoms. The maximum absolute atomic E-state index is 12.0. The number of benzene rings is 1. The molecule has 0 unspecified atom stereocenters. The van der Waals surface area contributed by atoms with E-state index < -0.39 is 0 Å². The lowest BCUT2D eigenvalue weighted by molar-refractivity contribution is 0.240. The Balaban J connectivity index is 1.49. The van der Waals surface area contributed by atoms with Crippen molar-refractivity contribution in [1.82, 2.24) is 15.6 Å². The van der Waals surface area contributed by atoms with Crippen LogP contribution in [0.3, 0.4) is 0 Å². The summed E-state index contributed by atoms with van der Waals surface area (Å²) in [4.78, 5) is 16.3. The van der Waals surface area contributed by atoms with Gasteiger partial charge in [0.05, 0.1) is 12.8 Å². The number of hydrogen-bond acceptors (Lipinski definition) is 4. The van der Waals surface area contributed by atoms with Crippen molar-refractivity contribution < 1.29 is 9.53 Å². The number of ether oxygens (including phenoxy) is 1. The van der Waals surface area contributed by atoms with Crippen LogP contribution in [0.15, 0.2) is 59.4 Å². The number of methoxy groups -OCH3 is 1. The number of hydrogen-bond donors (Lipinski definition) is 2. The zero-order chi connectivity index (χ0) is 17.5. The first kappa shape index (κ1) is 17.0. The van der Waals surface area contributed by atoms with Crippen LogP contribution in [0.1, 0.15) is 11.1 Å². The molecule has 0 atom stereocenters. The normalized spacial score (nSPS) is 10.3. The third kappa shape index (κ3) is 4.81. The molecule has 3 aromatic rings. The van der Waals surface area contributed by atoms with Crippen molar-refractivity contribution in [3.8, 4) is 17.0 Å². The van der Waals surface area contributed by atoms with Crippen LogP contribution in [-0.4, -0.2) is 18.1 Å².